The van der Waals surface area contributed by atoms with Crippen LogP contribution in [0.4, 0.5) is 0 Å². The molecule has 176 valence electrons. The summed E-state index contributed by atoms with van der Waals surface area (Å²) in [6, 6.07) is 15.9. The average molecular weight is 519 g/mol. The van der Waals surface area contributed by atoms with Crippen LogP contribution in [-0.2, 0) is 0 Å². The molecule has 5 rings (SSSR count). The van der Waals surface area contributed by atoms with Crippen molar-refractivity contribution in [3.05, 3.63) is 77.9 Å². The van der Waals surface area contributed by atoms with Gasteiger partial charge in [-0.25, -0.2) is 0 Å². The van der Waals surface area contributed by atoms with Crippen molar-refractivity contribution in [1.29, 1.82) is 0 Å². The first-order valence-corrected chi connectivity index (χ1v) is 20.7. The van der Waals surface area contributed by atoms with Crippen LogP contribution in [0.3, 0.4) is 0 Å². The van der Waals surface area contributed by atoms with Crippen molar-refractivity contribution in [2.75, 3.05) is 0 Å². The summed E-state index contributed by atoms with van der Waals surface area (Å²) in [7, 11) is -2.91. The summed E-state index contributed by atoms with van der Waals surface area (Å²) in [5, 5.41) is 2.71. The number of fused-ring (bicyclic) bond motifs is 6. The van der Waals surface area contributed by atoms with Crippen LogP contribution in [0, 0.1) is 0 Å². The molecule has 2 aromatic carbocycles. The Hall–Kier alpha value is -1.93. The van der Waals surface area contributed by atoms with Gasteiger partial charge < -0.3 is 4.74 Å². The van der Waals surface area contributed by atoms with Crippen LogP contribution in [0.25, 0.3) is 20.2 Å². The Morgan fingerprint density at radius 3 is 2.00 bits per heavy atom. The average Bonchev–Trinajstić information content (AvgIpc) is 3.47. The van der Waals surface area contributed by atoms with Gasteiger partial charge in [0, 0.05) is 16.3 Å². The molecule has 2 unspecified atom stereocenters. The Morgan fingerprint density at radius 2 is 1.44 bits per heavy atom. The summed E-state index contributed by atoms with van der Waals surface area (Å²) >= 11 is 4.05. The fourth-order valence-electron chi connectivity index (χ4n) is 4.88. The molecule has 0 aliphatic carbocycles. The monoisotopic (exact) mass is 518 g/mol. The molecular weight excluding hydrogens is 485 g/mol. The minimum absolute atomic E-state index is 0.0899. The van der Waals surface area contributed by atoms with Gasteiger partial charge >= 0.3 is 0 Å². The molecule has 2 aromatic heterocycles. The van der Waals surface area contributed by atoms with Crippen LogP contribution in [0.1, 0.15) is 24.0 Å². The fraction of sp³-hybridized carbons (Fsp3) is 0.310. The van der Waals surface area contributed by atoms with Gasteiger partial charge in [0.2, 0.25) is 0 Å². The summed E-state index contributed by atoms with van der Waals surface area (Å²) in [6.45, 7) is 21.2. The lowest BCUT2D eigenvalue weighted by Gasteiger charge is -2.20. The molecule has 34 heavy (non-hydrogen) atoms. The van der Waals surface area contributed by atoms with Crippen molar-refractivity contribution >= 4 is 68.0 Å². The standard InChI is InChI=1S/C29H34OS2Si2/c1-9-13-18(2)26-24(19-14-11-10-12-15-19)25-20-16-22(33(3,4)5)31-28(20)29-21(27(25)30-26)17-23(32-29)34(6,7)8/h9-17,24,26H,2H2,1,3-8H3. The molecule has 1 aliphatic rings. The molecule has 5 heteroatoms. The SMILES string of the molecule is C=C(C=CC)C1Oc2c(c3cc([Si](C)(C)C)sc3c3sc([Si](C)(C)C)cc23)C1c1ccccc1. The van der Waals surface area contributed by atoms with E-state index < -0.39 is 16.1 Å². The second-order valence-electron chi connectivity index (χ2n) is 11.5. The molecule has 0 amide bonds. The van der Waals surface area contributed by atoms with E-state index in [4.69, 9.17) is 4.74 Å². The van der Waals surface area contributed by atoms with Crippen molar-refractivity contribution < 1.29 is 4.74 Å². The quantitative estimate of drug-likeness (QED) is 0.191. The van der Waals surface area contributed by atoms with Gasteiger partial charge in [0.05, 0.1) is 31.5 Å². The van der Waals surface area contributed by atoms with Crippen molar-refractivity contribution in [3.63, 3.8) is 0 Å². The largest absolute Gasteiger partial charge is 0.484 e. The highest BCUT2D eigenvalue weighted by Crippen LogP contribution is 2.53. The lowest BCUT2D eigenvalue weighted by atomic mass is 9.83. The van der Waals surface area contributed by atoms with Gasteiger partial charge in [-0.05, 0) is 39.2 Å². The van der Waals surface area contributed by atoms with Crippen molar-refractivity contribution in [2.45, 2.75) is 58.2 Å². The summed E-state index contributed by atoms with van der Waals surface area (Å²) < 4.78 is 12.9. The number of ether oxygens (including phenoxy) is 1. The minimum Gasteiger partial charge on any atom is -0.484 e. The van der Waals surface area contributed by atoms with E-state index >= 15 is 0 Å². The summed E-state index contributed by atoms with van der Waals surface area (Å²) in [4.78, 5) is 0. The number of hydrogen-bond acceptors (Lipinski definition) is 3. The minimum atomic E-state index is -1.46. The van der Waals surface area contributed by atoms with Crippen molar-refractivity contribution in [3.8, 4) is 5.75 Å². The van der Waals surface area contributed by atoms with Crippen LogP contribution >= 0.6 is 22.7 Å². The predicted molar refractivity (Wildman–Crippen MR) is 160 cm³/mol. The molecule has 2 atom stereocenters. The zero-order valence-electron chi connectivity index (χ0n) is 21.3. The lowest BCUT2D eigenvalue weighted by Crippen LogP contribution is -2.34. The van der Waals surface area contributed by atoms with Gasteiger partial charge in [0.15, 0.2) is 0 Å². The van der Waals surface area contributed by atoms with Gasteiger partial charge in [-0.3, -0.25) is 0 Å². The van der Waals surface area contributed by atoms with Gasteiger partial charge in [-0.1, -0.05) is 88.3 Å². The Kier molecular flexibility index (Phi) is 5.83. The van der Waals surface area contributed by atoms with Crippen molar-refractivity contribution in [2.24, 2.45) is 0 Å². The molecule has 1 aliphatic heterocycles. The Bertz CT molecular complexity index is 1430. The van der Waals surface area contributed by atoms with Crippen LogP contribution in [-0.4, -0.2) is 22.3 Å². The zero-order chi connectivity index (χ0) is 24.4. The van der Waals surface area contributed by atoms with E-state index in [1.54, 1.807) is 9.00 Å². The maximum atomic E-state index is 6.92. The second-order valence-corrected chi connectivity index (χ2v) is 24.4. The summed E-state index contributed by atoms with van der Waals surface area (Å²) in [6.07, 6.45) is 4.10. The van der Waals surface area contributed by atoms with Gasteiger partial charge in [-0.15, -0.1) is 22.7 Å². The molecule has 4 aromatic rings. The molecule has 0 saturated heterocycles. The van der Waals surface area contributed by atoms with E-state index in [2.05, 4.69) is 107 Å². The van der Waals surface area contributed by atoms with E-state index in [0.717, 1.165) is 11.3 Å². The zero-order valence-corrected chi connectivity index (χ0v) is 24.9. The number of thiophene rings is 2. The highest BCUT2D eigenvalue weighted by molar-refractivity contribution is 7.37. The molecule has 0 N–H and O–H groups in total. The van der Waals surface area contributed by atoms with Crippen LogP contribution < -0.4 is 13.7 Å². The topological polar surface area (TPSA) is 9.23 Å². The summed E-state index contributed by atoms with van der Waals surface area (Å²) in [5.41, 5.74) is 3.71. The van der Waals surface area contributed by atoms with Gasteiger partial charge in [-0.2, -0.15) is 0 Å². The second kappa shape index (κ2) is 8.33. The lowest BCUT2D eigenvalue weighted by molar-refractivity contribution is 0.262. The molecule has 0 spiro atoms. The first-order chi connectivity index (χ1) is 16.0. The smallest absolute Gasteiger partial charge is 0.134 e. The third-order valence-electron chi connectivity index (χ3n) is 6.69. The van der Waals surface area contributed by atoms with Gasteiger partial charge in [0.1, 0.15) is 11.9 Å². The van der Waals surface area contributed by atoms with E-state index in [-0.39, 0.29) is 12.0 Å². The fourth-order valence-corrected chi connectivity index (χ4v) is 11.1. The Morgan fingerprint density at radius 1 is 0.882 bits per heavy atom. The van der Waals surface area contributed by atoms with Crippen LogP contribution in [0.5, 0.6) is 5.75 Å². The molecule has 0 saturated carbocycles. The summed E-state index contributed by atoms with van der Waals surface area (Å²) in [5.74, 6) is 1.23. The normalized spacial score (nSPS) is 18.7. The van der Waals surface area contributed by atoms with E-state index in [9.17, 15) is 0 Å². The maximum absolute atomic E-state index is 6.92. The third kappa shape index (κ3) is 3.87. The van der Waals surface area contributed by atoms with E-state index in [0.29, 0.717) is 0 Å². The van der Waals surface area contributed by atoms with Gasteiger partial charge in [0.25, 0.3) is 0 Å². The Balaban J connectivity index is 1.89. The maximum Gasteiger partial charge on any atom is 0.134 e. The molecule has 1 nitrogen and oxygen atoms in total. The van der Waals surface area contributed by atoms with Crippen LogP contribution in [0.15, 0.2) is 66.8 Å². The highest BCUT2D eigenvalue weighted by Gasteiger charge is 2.41. The molecule has 0 bridgehead atoms. The number of benzene rings is 2. The highest BCUT2D eigenvalue weighted by atomic mass is 32.1. The number of allylic oxidation sites excluding steroid dienone is 1. The van der Waals surface area contributed by atoms with Crippen LogP contribution in [0.2, 0.25) is 39.3 Å². The molecule has 3 heterocycles. The molecular formula is C29H34OS2Si2. The third-order valence-corrected chi connectivity index (χ3v) is 16.3. The van der Waals surface area contributed by atoms with E-state index in [1.807, 2.05) is 22.7 Å². The Labute approximate surface area is 213 Å². The molecule has 0 radical (unpaired) electrons. The first kappa shape index (κ1) is 23.8. The van der Waals surface area contributed by atoms with E-state index in [1.165, 1.54) is 31.3 Å². The predicted octanol–water partition coefficient (Wildman–Crippen LogP) is 8.23. The number of hydrogen-bond donors (Lipinski definition) is 0. The number of rotatable bonds is 5. The van der Waals surface area contributed by atoms with Crippen molar-refractivity contribution in [1.82, 2.24) is 0 Å². The first-order valence-electron chi connectivity index (χ1n) is 12.1. The molecule has 0 fully saturated rings.